The van der Waals surface area contributed by atoms with E-state index in [4.69, 9.17) is 0 Å². The summed E-state index contributed by atoms with van der Waals surface area (Å²) in [4.78, 5) is 28.9. The molecule has 1 aromatic heterocycles. The van der Waals surface area contributed by atoms with E-state index in [1.54, 1.807) is 37.8 Å². The first kappa shape index (κ1) is 23.9. The number of carbonyl (C=O) groups is 2. The maximum atomic E-state index is 11.2. The van der Waals surface area contributed by atoms with E-state index in [0.717, 1.165) is 11.9 Å². The van der Waals surface area contributed by atoms with Crippen molar-refractivity contribution in [2.75, 3.05) is 14.2 Å². The molecule has 6 heteroatoms. The van der Waals surface area contributed by atoms with Gasteiger partial charge in [0.15, 0.2) is 6.29 Å². The summed E-state index contributed by atoms with van der Waals surface area (Å²) in [5.74, 6) is -0.249. The number of methoxy groups -OCH3 is 1. The lowest BCUT2D eigenvalue weighted by molar-refractivity contribution is -0.142. The van der Waals surface area contributed by atoms with Crippen molar-refractivity contribution >= 4 is 18.5 Å². The first-order valence-corrected chi connectivity index (χ1v) is 7.82. The monoisotopic (exact) mass is 335 g/mol. The van der Waals surface area contributed by atoms with E-state index >= 15 is 0 Å². The van der Waals surface area contributed by atoms with Gasteiger partial charge in [0, 0.05) is 30.4 Å². The minimum Gasteiger partial charge on any atom is -0.468 e. The molecule has 24 heavy (non-hydrogen) atoms. The van der Waals surface area contributed by atoms with Crippen molar-refractivity contribution in [3.63, 3.8) is 0 Å². The van der Waals surface area contributed by atoms with Crippen LogP contribution in [-0.2, 0) is 9.53 Å². The summed E-state index contributed by atoms with van der Waals surface area (Å²) in [6, 6.07) is 3.15. The van der Waals surface area contributed by atoms with Crippen molar-refractivity contribution in [2.45, 2.75) is 40.2 Å². The summed E-state index contributed by atoms with van der Waals surface area (Å²) in [5, 5.41) is 2.89. The van der Waals surface area contributed by atoms with Gasteiger partial charge in [-0.3, -0.25) is 19.6 Å². The van der Waals surface area contributed by atoms with Crippen LogP contribution in [0, 0.1) is 0 Å². The molecule has 6 nitrogen and oxygen atoms in total. The fourth-order valence-corrected chi connectivity index (χ4v) is 1.47. The zero-order valence-corrected chi connectivity index (χ0v) is 15.4. The SMILES string of the molecule is CC.CC=N/C=C(\C)CC(NC)C(=O)OC.O=Cc1cccnc1. The second-order valence-electron chi connectivity index (χ2n) is 4.36. The zero-order valence-electron chi connectivity index (χ0n) is 15.4. The average Bonchev–Trinajstić information content (AvgIpc) is 2.66. The lowest BCUT2D eigenvalue weighted by Crippen LogP contribution is -2.35. The average molecular weight is 335 g/mol. The quantitative estimate of drug-likeness (QED) is 0.491. The summed E-state index contributed by atoms with van der Waals surface area (Å²) in [6.45, 7) is 7.78. The predicted octanol–water partition coefficient (Wildman–Crippen LogP) is 3.05. The van der Waals surface area contributed by atoms with Crippen LogP contribution in [0.4, 0.5) is 0 Å². The highest BCUT2D eigenvalue weighted by molar-refractivity contribution is 5.76. The Morgan fingerprint density at radius 3 is 2.50 bits per heavy atom. The molecular weight excluding hydrogens is 306 g/mol. The predicted molar refractivity (Wildman–Crippen MR) is 98.4 cm³/mol. The highest BCUT2D eigenvalue weighted by Crippen LogP contribution is 2.05. The molecule has 1 unspecified atom stereocenters. The van der Waals surface area contributed by atoms with Crippen molar-refractivity contribution in [1.82, 2.24) is 10.3 Å². The topological polar surface area (TPSA) is 80.6 Å². The van der Waals surface area contributed by atoms with Gasteiger partial charge in [-0.05, 0) is 39.4 Å². The first-order valence-electron chi connectivity index (χ1n) is 7.82. The van der Waals surface area contributed by atoms with Gasteiger partial charge in [0.2, 0.25) is 0 Å². The highest BCUT2D eigenvalue weighted by Gasteiger charge is 2.16. The van der Waals surface area contributed by atoms with E-state index < -0.39 is 0 Å². The van der Waals surface area contributed by atoms with Crippen molar-refractivity contribution < 1.29 is 14.3 Å². The van der Waals surface area contributed by atoms with E-state index in [2.05, 4.69) is 20.0 Å². The van der Waals surface area contributed by atoms with Crippen LogP contribution in [0.25, 0.3) is 0 Å². The van der Waals surface area contributed by atoms with Gasteiger partial charge >= 0.3 is 5.97 Å². The number of carbonyl (C=O) groups excluding carboxylic acids is 2. The number of aromatic nitrogens is 1. The molecule has 0 radical (unpaired) electrons. The molecule has 0 fully saturated rings. The van der Waals surface area contributed by atoms with Crippen LogP contribution in [0.5, 0.6) is 0 Å². The standard InChI is InChI=1S/C10H18N2O2.C6H5NO.C2H6/c1-5-12-7-8(2)6-9(11-3)10(13)14-4;8-5-6-2-1-3-7-4-6;1-2/h5,7,9,11H,6H2,1-4H3;1-5H;1-2H3/b8-7+,12-5?;;. The highest BCUT2D eigenvalue weighted by atomic mass is 16.5. The van der Waals surface area contributed by atoms with E-state index in [1.807, 2.05) is 27.7 Å². The minimum atomic E-state index is -0.289. The van der Waals surface area contributed by atoms with E-state index in [-0.39, 0.29) is 12.0 Å². The van der Waals surface area contributed by atoms with Crippen LogP contribution in [0.3, 0.4) is 0 Å². The molecule has 0 saturated carbocycles. The molecule has 134 valence electrons. The Kier molecular flexibility index (Phi) is 17.0. The largest absolute Gasteiger partial charge is 0.468 e. The van der Waals surface area contributed by atoms with Crippen molar-refractivity contribution in [2.24, 2.45) is 4.99 Å². The number of aldehydes is 1. The van der Waals surface area contributed by atoms with Crippen LogP contribution in [0.2, 0.25) is 0 Å². The molecule has 0 aliphatic rings. The molecule has 0 spiro atoms. The number of hydrogen-bond donors (Lipinski definition) is 1. The van der Waals surface area contributed by atoms with Gasteiger partial charge in [0.1, 0.15) is 6.04 Å². The number of nitrogens with one attached hydrogen (secondary N) is 1. The number of esters is 1. The normalized spacial score (nSPS) is 11.5. The van der Waals surface area contributed by atoms with Crippen molar-refractivity contribution in [1.29, 1.82) is 0 Å². The third-order valence-corrected chi connectivity index (χ3v) is 2.62. The van der Waals surface area contributed by atoms with Crippen LogP contribution in [-0.4, -0.2) is 43.7 Å². The summed E-state index contributed by atoms with van der Waals surface area (Å²) in [6.07, 6.45) is 7.98. The molecule has 1 N–H and O–H groups in total. The Hall–Kier alpha value is -2.34. The third-order valence-electron chi connectivity index (χ3n) is 2.62. The van der Waals surface area contributed by atoms with Gasteiger partial charge in [-0.15, -0.1) is 0 Å². The number of aliphatic imine (C=N–C) groups is 1. The second-order valence-corrected chi connectivity index (χ2v) is 4.36. The van der Waals surface area contributed by atoms with Crippen LogP contribution < -0.4 is 5.32 Å². The summed E-state index contributed by atoms with van der Waals surface area (Å²) in [5.41, 5.74) is 1.65. The third kappa shape index (κ3) is 12.2. The summed E-state index contributed by atoms with van der Waals surface area (Å²) in [7, 11) is 3.12. The number of nitrogens with zero attached hydrogens (tertiary/aromatic N) is 2. The van der Waals surface area contributed by atoms with Crippen molar-refractivity contribution in [3.8, 4) is 0 Å². The fourth-order valence-electron chi connectivity index (χ4n) is 1.47. The molecule has 1 heterocycles. The Morgan fingerprint density at radius 1 is 1.46 bits per heavy atom. The first-order chi connectivity index (χ1) is 11.6. The molecule has 0 aromatic carbocycles. The molecule has 0 bridgehead atoms. The van der Waals surface area contributed by atoms with Crippen molar-refractivity contribution in [3.05, 3.63) is 41.9 Å². The second kappa shape index (κ2) is 17.0. The van der Waals surface area contributed by atoms with E-state index in [0.29, 0.717) is 12.0 Å². The number of rotatable bonds is 6. The van der Waals surface area contributed by atoms with E-state index in [9.17, 15) is 9.59 Å². The number of hydrogen-bond acceptors (Lipinski definition) is 6. The lowest BCUT2D eigenvalue weighted by Gasteiger charge is -2.12. The van der Waals surface area contributed by atoms with Crippen LogP contribution in [0.15, 0.2) is 41.3 Å². The summed E-state index contributed by atoms with van der Waals surface area (Å²) >= 11 is 0. The Bertz CT molecular complexity index is 499. The number of pyridine rings is 1. The van der Waals surface area contributed by atoms with Gasteiger partial charge in [-0.25, -0.2) is 0 Å². The fraction of sp³-hybridized carbons (Fsp3) is 0.444. The summed E-state index contributed by atoms with van der Waals surface area (Å²) < 4.78 is 4.64. The number of likely N-dealkylation sites (N-methyl/N-ethyl adjacent to an activating group) is 1. The smallest absolute Gasteiger partial charge is 0.323 e. The molecule has 1 rings (SSSR count). The molecule has 1 aromatic rings. The molecule has 0 aliphatic carbocycles. The Balaban J connectivity index is 0. The van der Waals surface area contributed by atoms with E-state index in [1.165, 1.54) is 13.3 Å². The molecular formula is C18H29N3O3. The van der Waals surface area contributed by atoms with Gasteiger partial charge < -0.3 is 10.1 Å². The molecule has 0 amide bonds. The van der Waals surface area contributed by atoms with Crippen LogP contribution >= 0.6 is 0 Å². The Morgan fingerprint density at radius 2 is 2.12 bits per heavy atom. The van der Waals surface area contributed by atoms with Gasteiger partial charge in [0.25, 0.3) is 0 Å². The Labute approximate surface area is 145 Å². The molecule has 0 saturated heterocycles. The van der Waals surface area contributed by atoms with Gasteiger partial charge in [-0.2, -0.15) is 0 Å². The zero-order chi connectivity index (χ0) is 18.8. The number of ether oxygens (including phenoxy) is 1. The van der Waals surface area contributed by atoms with Gasteiger partial charge in [0.05, 0.1) is 7.11 Å². The maximum absolute atomic E-state index is 11.2. The lowest BCUT2D eigenvalue weighted by atomic mass is 10.1. The molecule has 0 aliphatic heterocycles. The molecule has 1 atom stereocenters. The van der Waals surface area contributed by atoms with Crippen LogP contribution in [0.1, 0.15) is 44.5 Å². The van der Waals surface area contributed by atoms with Gasteiger partial charge in [-0.1, -0.05) is 19.4 Å². The minimum absolute atomic E-state index is 0.249. The maximum Gasteiger partial charge on any atom is 0.323 e.